The van der Waals surface area contributed by atoms with Crippen molar-refractivity contribution in [2.24, 2.45) is 0 Å². The van der Waals surface area contributed by atoms with Gasteiger partial charge in [0.2, 0.25) is 0 Å². The molecular formula is C23H22N4O3S2. The number of anilines is 2. The molecule has 0 spiro atoms. The van der Waals surface area contributed by atoms with Gasteiger partial charge in [-0.25, -0.2) is 13.4 Å². The van der Waals surface area contributed by atoms with Crippen molar-refractivity contribution < 1.29 is 13.2 Å². The van der Waals surface area contributed by atoms with E-state index in [0.717, 1.165) is 11.1 Å². The fourth-order valence-corrected chi connectivity index (χ4v) is 4.55. The number of nitriles is 1. The van der Waals surface area contributed by atoms with Crippen LogP contribution >= 0.6 is 11.3 Å². The minimum atomic E-state index is -3.78. The number of nitrogens with zero attached hydrogens (tertiary/aromatic N) is 2. The standard InChI is InChI=1S/C23H22N4O3S2/c1-23(2,3)18-6-4-16(5-7-18)14-17(15-24)21(28)26-19-8-10-20(11-9-19)32(29,30)27-22-25-12-13-31-22/h4-14H,1-3H3,(H,25,27)(H,26,28). The van der Waals surface area contributed by atoms with Crippen molar-refractivity contribution in [2.75, 3.05) is 10.0 Å². The van der Waals surface area contributed by atoms with E-state index in [0.29, 0.717) is 5.69 Å². The van der Waals surface area contributed by atoms with Crippen molar-refractivity contribution in [3.8, 4) is 6.07 Å². The lowest BCUT2D eigenvalue weighted by molar-refractivity contribution is -0.112. The largest absolute Gasteiger partial charge is 0.321 e. The molecule has 1 heterocycles. The van der Waals surface area contributed by atoms with Crippen molar-refractivity contribution in [2.45, 2.75) is 31.1 Å². The van der Waals surface area contributed by atoms with Crippen LogP contribution in [-0.2, 0) is 20.2 Å². The van der Waals surface area contributed by atoms with Gasteiger partial charge in [0.25, 0.3) is 15.9 Å². The highest BCUT2D eigenvalue weighted by Crippen LogP contribution is 2.23. The topological polar surface area (TPSA) is 112 Å². The SMILES string of the molecule is CC(C)(C)c1ccc(C=C(C#N)C(=O)Nc2ccc(S(=O)(=O)Nc3nccs3)cc2)cc1. The summed E-state index contributed by atoms with van der Waals surface area (Å²) >= 11 is 1.17. The highest BCUT2D eigenvalue weighted by molar-refractivity contribution is 7.93. The van der Waals surface area contributed by atoms with Crippen LogP contribution in [0.2, 0.25) is 0 Å². The second-order valence-corrected chi connectivity index (χ2v) is 10.5. The Morgan fingerprint density at radius 3 is 2.28 bits per heavy atom. The van der Waals surface area contributed by atoms with Gasteiger partial charge in [-0.2, -0.15) is 5.26 Å². The van der Waals surface area contributed by atoms with Gasteiger partial charge in [-0.15, -0.1) is 11.3 Å². The maximum atomic E-state index is 12.5. The number of carbonyl (C=O) groups excluding carboxylic acids is 1. The van der Waals surface area contributed by atoms with Crippen LogP contribution in [0.3, 0.4) is 0 Å². The Hall–Kier alpha value is -3.48. The molecule has 3 rings (SSSR count). The van der Waals surface area contributed by atoms with Crippen molar-refractivity contribution in [3.63, 3.8) is 0 Å². The molecule has 164 valence electrons. The molecule has 0 saturated carbocycles. The highest BCUT2D eigenvalue weighted by atomic mass is 32.2. The van der Waals surface area contributed by atoms with Crippen molar-refractivity contribution >= 4 is 44.2 Å². The van der Waals surface area contributed by atoms with Gasteiger partial charge in [0.15, 0.2) is 5.13 Å². The van der Waals surface area contributed by atoms with Crippen LogP contribution in [-0.4, -0.2) is 19.3 Å². The fourth-order valence-electron chi connectivity index (χ4n) is 2.76. The van der Waals surface area contributed by atoms with Crippen molar-refractivity contribution in [3.05, 3.63) is 76.8 Å². The molecule has 3 aromatic rings. The molecule has 0 radical (unpaired) electrons. The van der Waals surface area contributed by atoms with Crippen molar-refractivity contribution in [1.82, 2.24) is 4.98 Å². The molecule has 1 amide bonds. The van der Waals surface area contributed by atoms with Gasteiger partial charge in [-0.05, 0) is 46.9 Å². The number of benzene rings is 2. The molecule has 1 aromatic heterocycles. The van der Waals surface area contributed by atoms with E-state index in [-0.39, 0.29) is 21.0 Å². The lowest BCUT2D eigenvalue weighted by atomic mass is 9.86. The quantitative estimate of drug-likeness (QED) is 0.401. The predicted octanol–water partition coefficient (Wildman–Crippen LogP) is 4.79. The monoisotopic (exact) mass is 466 g/mol. The molecule has 0 aliphatic carbocycles. The van der Waals surface area contributed by atoms with E-state index in [1.54, 1.807) is 5.38 Å². The molecule has 0 atom stereocenters. The summed E-state index contributed by atoms with van der Waals surface area (Å²) in [6, 6.07) is 15.2. The minimum absolute atomic E-state index is 0.00707. The van der Waals surface area contributed by atoms with E-state index < -0.39 is 15.9 Å². The van der Waals surface area contributed by atoms with Crippen molar-refractivity contribution in [1.29, 1.82) is 5.26 Å². The normalized spacial score (nSPS) is 12.1. The summed E-state index contributed by atoms with van der Waals surface area (Å²) in [5, 5.41) is 14.0. The van der Waals surface area contributed by atoms with Gasteiger partial charge in [0.05, 0.1) is 4.90 Å². The van der Waals surface area contributed by atoms with Gasteiger partial charge in [-0.1, -0.05) is 45.0 Å². The molecule has 0 fully saturated rings. The van der Waals surface area contributed by atoms with Crippen LogP contribution in [0.4, 0.5) is 10.8 Å². The summed E-state index contributed by atoms with van der Waals surface area (Å²) in [4.78, 5) is 16.5. The van der Waals surface area contributed by atoms with Gasteiger partial charge in [-0.3, -0.25) is 9.52 Å². The summed E-state index contributed by atoms with van der Waals surface area (Å²) in [6.45, 7) is 6.33. The van der Waals surface area contributed by atoms with E-state index in [1.807, 2.05) is 30.3 Å². The smallest absolute Gasteiger partial charge is 0.266 e. The number of thiazole rings is 1. The zero-order chi connectivity index (χ0) is 23.4. The lowest BCUT2D eigenvalue weighted by Crippen LogP contribution is -2.15. The van der Waals surface area contributed by atoms with Crippen LogP contribution in [0.15, 0.2) is 70.6 Å². The van der Waals surface area contributed by atoms with Crippen LogP contribution in [0.5, 0.6) is 0 Å². The van der Waals surface area contributed by atoms with E-state index in [1.165, 1.54) is 47.9 Å². The number of carbonyl (C=O) groups is 1. The molecule has 7 nitrogen and oxygen atoms in total. The third kappa shape index (κ3) is 5.81. The molecule has 2 aromatic carbocycles. The number of sulfonamides is 1. The molecule has 9 heteroatoms. The fraction of sp³-hybridized carbons (Fsp3) is 0.174. The van der Waals surface area contributed by atoms with Gasteiger partial charge < -0.3 is 5.32 Å². The highest BCUT2D eigenvalue weighted by Gasteiger charge is 2.17. The first-order chi connectivity index (χ1) is 15.1. The predicted molar refractivity (Wildman–Crippen MR) is 127 cm³/mol. The number of rotatable bonds is 6. The van der Waals surface area contributed by atoms with Gasteiger partial charge in [0.1, 0.15) is 11.6 Å². The van der Waals surface area contributed by atoms with Crippen LogP contribution < -0.4 is 10.0 Å². The maximum absolute atomic E-state index is 12.5. The third-order valence-electron chi connectivity index (χ3n) is 4.53. The summed E-state index contributed by atoms with van der Waals surface area (Å²) < 4.78 is 27.2. The summed E-state index contributed by atoms with van der Waals surface area (Å²) in [5.74, 6) is -0.580. The third-order valence-corrected chi connectivity index (χ3v) is 6.70. The van der Waals surface area contributed by atoms with E-state index in [4.69, 9.17) is 0 Å². The summed E-state index contributed by atoms with van der Waals surface area (Å²) in [6.07, 6.45) is 3.01. The zero-order valence-corrected chi connectivity index (χ0v) is 19.4. The molecular weight excluding hydrogens is 444 g/mol. The number of amides is 1. The van der Waals surface area contributed by atoms with Crippen LogP contribution in [0.25, 0.3) is 6.08 Å². The number of nitrogens with one attached hydrogen (secondary N) is 2. The Morgan fingerprint density at radius 1 is 1.09 bits per heavy atom. The Kier molecular flexibility index (Phi) is 6.77. The van der Waals surface area contributed by atoms with Crippen LogP contribution in [0, 0.1) is 11.3 Å². The van der Waals surface area contributed by atoms with E-state index in [2.05, 4.69) is 35.8 Å². The molecule has 0 aliphatic heterocycles. The molecule has 0 saturated heterocycles. The Labute approximate surface area is 191 Å². The Bertz CT molecular complexity index is 1270. The van der Waals surface area contributed by atoms with Gasteiger partial charge in [0, 0.05) is 17.3 Å². The summed E-state index contributed by atoms with van der Waals surface area (Å²) in [7, 11) is -3.78. The summed E-state index contributed by atoms with van der Waals surface area (Å²) in [5.41, 5.74) is 2.20. The zero-order valence-electron chi connectivity index (χ0n) is 17.8. The lowest BCUT2D eigenvalue weighted by Gasteiger charge is -2.18. The molecule has 2 N–H and O–H groups in total. The first-order valence-electron chi connectivity index (χ1n) is 9.64. The van der Waals surface area contributed by atoms with E-state index in [9.17, 15) is 18.5 Å². The average Bonchev–Trinajstić information content (AvgIpc) is 3.24. The van der Waals surface area contributed by atoms with E-state index >= 15 is 0 Å². The Morgan fingerprint density at radius 2 is 1.75 bits per heavy atom. The average molecular weight is 467 g/mol. The second-order valence-electron chi connectivity index (χ2n) is 7.96. The number of aromatic nitrogens is 1. The first kappa shape index (κ1) is 23.2. The van der Waals surface area contributed by atoms with Crippen LogP contribution in [0.1, 0.15) is 31.9 Å². The molecule has 0 aliphatic rings. The second kappa shape index (κ2) is 9.34. The number of hydrogen-bond acceptors (Lipinski definition) is 6. The minimum Gasteiger partial charge on any atom is -0.321 e. The number of hydrogen-bond donors (Lipinski definition) is 2. The molecule has 0 bridgehead atoms. The first-order valence-corrected chi connectivity index (χ1v) is 12.0. The maximum Gasteiger partial charge on any atom is 0.266 e. The Balaban J connectivity index is 1.71. The molecule has 32 heavy (non-hydrogen) atoms. The van der Waals surface area contributed by atoms with Gasteiger partial charge >= 0.3 is 0 Å². The molecule has 0 unspecified atom stereocenters.